The molecule has 17 heavy (non-hydrogen) atoms. The first-order valence-corrected chi connectivity index (χ1v) is 6.71. The van der Waals surface area contributed by atoms with Crippen LogP contribution in [0.4, 0.5) is 0 Å². The Kier molecular flexibility index (Phi) is 5.19. The van der Waals surface area contributed by atoms with Crippen LogP contribution < -0.4 is 5.32 Å². The molecule has 0 saturated carbocycles. The minimum atomic E-state index is 0.537. The monoisotopic (exact) mass is 237 g/mol. The lowest BCUT2D eigenvalue weighted by Crippen LogP contribution is -2.37. The van der Waals surface area contributed by atoms with Gasteiger partial charge >= 0.3 is 0 Å². The van der Waals surface area contributed by atoms with Crippen LogP contribution in [0.5, 0.6) is 0 Å². The summed E-state index contributed by atoms with van der Waals surface area (Å²) in [6.07, 6.45) is 2.10. The van der Waals surface area contributed by atoms with E-state index in [1.165, 1.54) is 11.4 Å². The van der Waals surface area contributed by atoms with Crippen molar-refractivity contribution < 1.29 is 0 Å². The van der Waals surface area contributed by atoms with Crippen molar-refractivity contribution in [2.45, 2.75) is 59.5 Å². The van der Waals surface area contributed by atoms with Crippen LogP contribution in [0.2, 0.25) is 0 Å². The molecule has 3 heteroatoms. The summed E-state index contributed by atoms with van der Waals surface area (Å²) in [5.41, 5.74) is 2.53. The van der Waals surface area contributed by atoms with Crippen LogP contribution in [0.3, 0.4) is 0 Å². The van der Waals surface area contributed by atoms with Crippen LogP contribution in [-0.4, -0.2) is 21.9 Å². The number of nitrogens with one attached hydrogen (secondary N) is 1. The smallest absolute Gasteiger partial charge is 0.0624 e. The standard InChI is InChI=1S/C14H27N3/c1-7-13-9-14(17(6)16-13)8-11(4)12(5)15-10(2)3/h9-12,15H,7-8H2,1-6H3. The van der Waals surface area contributed by atoms with Crippen molar-refractivity contribution >= 4 is 0 Å². The molecule has 0 amide bonds. The molecule has 0 radical (unpaired) electrons. The third-order valence-corrected chi connectivity index (χ3v) is 3.37. The number of hydrogen-bond donors (Lipinski definition) is 1. The van der Waals surface area contributed by atoms with Gasteiger partial charge in [0.25, 0.3) is 0 Å². The van der Waals surface area contributed by atoms with Crippen molar-refractivity contribution in [1.82, 2.24) is 15.1 Å². The summed E-state index contributed by atoms with van der Waals surface area (Å²) in [5.74, 6) is 0.623. The Morgan fingerprint density at radius 1 is 1.29 bits per heavy atom. The lowest BCUT2D eigenvalue weighted by Gasteiger charge is -2.23. The molecule has 0 aliphatic carbocycles. The third-order valence-electron chi connectivity index (χ3n) is 3.37. The van der Waals surface area contributed by atoms with E-state index in [0.29, 0.717) is 18.0 Å². The molecule has 0 aromatic carbocycles. The maximum Gasteiger partial charge on any atom is 0.0624 e. The third kappa shape index (κ3) is 4.15. The van der Waals surface area contributed by atoms with Crippen LogP contribution in [0.15, 0.2) is 6.07 Å². The topological polar surface area (TPSA) is 29.9 Å². The van der Waals surface area contributed by atoms with Gasteiger partial charge in [0.1, 0.15) is 0 Å². The summed E-state index contributed by atoms with van der Waals surface area (Å²) < 4.78 is 2.03. The lowest BCUT2D eigenvalue weighted by molar-refractivity contribution is 0.366. The molecule has 0 spiro atoms. The molecule has 0 aliphatic heterocycles. The van der Waals surface area contributed by atoms with Gasteiger partial charge in [0.05, 0.1) is 5.69 Å². The van der Waals surface area contributed by atoms with Crippen molar-refractivity contribution in [3.63, 3.8) is 0 Å². The Morgan fingerprint density at radius 3 is 2.41 bits per heavy atom. The van der Waals surface area contributed by atoms with E-state index in [1.807, 2.05) is 11.7 Å². The molecular weight excluding hydrogens is 210 g/mol. The van der Waals surface area contributed by atoms with Gasteiger partial charge in [-0.3, -0.25) is 4.68 Å². The van der Waals surface area contributed by atoms with Crippen LogP contribution in [-0.2, 0) is 19.9 Å². The Labute approximate surface area is 106 Å². The molecule has 0 aliphatic rings. The fraction of sp³-hybridized carbons (Fsp3) is 0.786. The molecule has 2 atom stereocenters. The molecule has 1 rings (SSSR count). The van der Waals surface area contributed by atoms with E-state index in [-0.39, 0.29) is 0 Å². The predicted octanol–water partition coefficient (Wildman–Crippen LogP) is 2.55. The first-order valence-electron chi connectivity index (χ1n) is 6.71. The van der Waals surface area contributed by atoms with Gasteiger partial charge in [0, 0.05) is 24.8 Å². The Balaban J connectivity index is 2.60. The van der Waals surface area contributed by atoms with Crippen molar-refractivity contribution in [2.24, 2.45) is 13.0 Å². The molecule has 3 nitrogen and oxygen atoms in total. The molecule has 0 bridgehead atoms. The predicted molar refractivity (Wildman–Crippen MR) is 73.2 cm³/mol. The summed E-state index contributed by atoms with van der Waals surface area (Å²) in [5, 5.41) is 8.07. The van der Waals surface area contributed by atoms with Crippen LogP contribution in [0.25, 0.3) is 0 Å². The minimum Gasteiger partial charge on any atom is -0.312 e. The first-order chi connectivity index (χ1) is 7.93. The average molecular weight is 237 g/mol. The fourth-order valence-corrected chi connectivity index (χ4v) is 2.13. The van der Waals surface area contributed by atoms with Gasteiger partial charge in [-0.25, -0.2) is 0 Å². The zero-order valence-electron chi connectivity index (χ0n) is 12.1. The van der Waals surface area contributed by atoms with Gasteiger partial charge in [0.2, 0.25) is 0 Å². The molecule has 1 N–H and O–H groups in total. The van der Waals surface area contributed by atoms with Crippen LogP contribution in [0, 0.1) is 5.92 Å². The molecule has 1 aromatic heterocycles. The van der Waals surface area contributed by atoms with E-state index in [4.69, 9.17) is 0 Å². The second-order valence-electron chi connectivity index (χ2n) is 5.40. The van der Waals surface area contributed by atoms with Crippen LogP contribution in [0.1, 0.15) is 46.0 Å². The van der Waals surface area contributed by atoms with E-state index in [0.717, 1.165) is 12.8 Å². The van der Waals surface area contributed by atoms with Gasteiger partial charge in [-0.05, 0) is 31.7 Å². The fourth-order valence-electron chi connectivity index (χ4n) is 2.13. The molecule has 98 valence electrons. The number of rotatable bonds is 6. The highest BCUT2D eigenvalue weighted by molar-refractivity contribution is 5.11. The van der Waals surface area contributed by atoms with Gasteiger partial charge in [-0.15, -0.1) is 0 Å². The zero-order chi connectivity index (χ0) is 13.0. The van der Waals surface area contributed by atoms with Gasteiger partial charge in [-0.2, -0.15) is 5.10 Å². The van der Waals surface area contributed by atoms with Crippen LogP contribution >= 0.6 is 0 Å². The largest absolute Gasteiger partial charge is 0.312 e. The molecule has 0 fully saturated rings. The Morgan fingerprint density at radius 2 is 1.94 bits per heavy atom. The lowest BCUT2D eigenvalue weighted by atomic mass is 9.97. The quantitative estimate of drug-likeness (QED) is 0.824. The van der Waals surface area contributed by atoms with Crippen molar-refractivity contribution in [3.8, 4) is 0 Å². The molecule has 1 aromatic rings. The van der Waals surface area contributed by atoms with Gasteiger partial charge in [0.15, 0.2) is 0 Å². The Bertz CT molecular complexity index is 341. The number of nitrogens with zero attached hydrogens (tertiary/aromatic N) is 2. The van der Waals surface area contributed by atoms with E-state index in [2.05, 4.69) is 51.1 Å². The normalized spacial score (nSPS) is 15.2. The summed E-state index contributed by atoms with van der Waals surface area (Å²) in [7, 11) is 2.04. The second-order valence-corrected chi connectivity index (χ2v) is 5.40. The van der Waals surface area contributed by atoms with E-state index in [1.54, 1.807) is 0 Å². The average Bonchev–Trinajstić information content (AvgIpc) is 2.58. The van der Waals surface area contributed by atoms with Gasteiger partial charge in [-0.1, -0.05) is 27.7 Å². The van der Waals surface area contributed by atoms with Crippen molar-refractivity contribution in [1.29, 1.82) is 0 Å². The first kappa shape index (κ1) is 14.2. The second kappa shape index (κ2) is 6.20. The number of hydrogen-bond acceptors (Lipinski definition) is 2. The molecule has 1 heterocycles. The van der Waals surface area contributed by atoms with E-state index < -0.39 is 0 Å². The highest BCUT2D eigenvalue weighted by atomic mass is 15.3. The van der Waals surface area contributed by atoms with Crippen molar-refractivity contribution in [3.05, 3.63) is 17.5 Å². The minimum absolute atomic E-state index is 0.537. The molecule has 0 saturated heterocycles. The summed E-state index contributed by atoms with van der Waals surface area (Å²) in [6, 6.07) is 3.32. The summed E-state index contributed by atoms with van der Waals surface area (Å²) >= 11 is 0. The SMILES string of the molecule is CCc1cc(CC(C)C(C)NC(C)C)n(C)n1. The molecule has 2 unspecified atom stereocenters. The maximum atomic E-state index is 4.50. The van der Waals surface area contributed by atoms with E-state index in [9.17, 15) is 0 Å². The zero-order valence-corrected chi connectivity index (χ0v) is 12.1. The van der Waals surface area contributed by atoms with Gasteiger partial charge < -0.3 is 5.32 Å². The highest BCUT2D eigenvalue weighted by Gasteiger charge is 2.15. The summed E-state index contributed by atoms with van der Waals surface area (Å²) in [6.45, 7) is 11.1. The number of aryl methyl sites for hydroxylation is 2. The Hall–Kier alpha value is -0.830. The number of aromatic nitrogens is 2. The van der Waals surface area contributed by atoms with Crippen molar-refractivity contribution in [2.75, 3.05) is 0 Å². The maximum absolute atomic E-state index is 4.50. The van der Waals surface area contributed by atoms with E-state index >= 15 is 0 Å². The highest BCUT2D eigenvalue weighted by Crippen LogP contribution is 2.13. The summed E-state index contributed by atoms with van der Waals surface area (Å²) in [4.78, 5) is 0. The molecular formula is C14H27N3.